The van der Waals surface area contributed by atoms with E-state index in [9.17, 15) is 0 Å². The molecular formula is C113H98N8Pt. The van der Waals surface area contributed by atoms with Crippen molar-refractivity contribution in [2.75, 3.05) is 0 Å². The molecule has 0 bridgehead atoms. The Morgan fingerprint density at radius 3 is 1.26 bits per heavy atom. The van der Waals surface area contributed by atoms with E-state index in [0.29, 0.717) is 0 Å². The predicted molar refractivity (Wildman–Crippen MR) is 510 cm³/mol. The minimum atomic E-state index is -0.113. The number of H-pyrrole nitrogens is 1. The van der Waals surface area contributed by atoms with Gasteiger partial charge in [-0.1, -0.05) is 326 Å². The molecular weight excluding hydrogens is 1660 g/mol. The van der Waals surface area contributed by atoms with Crippen LogP contribution in [-0.2, 0) is 42.7 Å². The molecule has 20 aromatic rings. The number of aromatic amines is 1. The number of nitrogens with zero attached hydrogens (tertiary/aromatic N) is 7. The van der Waals surface area contributed by atoms with Gasteiger partial charge in [-0.05, 0) is 202 Å². The normalized spacial score (nSPS) is 12.0. The standard InChI is InChI=1S/C56H48N4.C56H46N4.CH4.Pt/c2*1-55(2,3)42-25-26-49-46(33-42)47-34-43(56(4,5)6)35-48(52(47)58-49)54-59-53-45(23-16-24-51(53)60(54)44-21-14-9-15-22-44)40-29-39(37-19-12-8-13-20-37)30-41(31-40)50-32-38(27-28-57-50)36-17-10-7-11-18-36;;/h7-35,58H,1-6H3;7-30,32-35H,1-6H3;1H4;/q;-2;;+2. The van der Waals surface area contributed by atoms with E-state index in [0.717, 1.165) is 167 Å². The molecule has 0 atom stereocenters. The van der Waals surface area contributed by atoms with E-state index in [-0.39, 0.29) is 50.2 Å². The van der Waals surface area contributed by atoms with E-state index in [1.165, 1.54) is 44.0 Å². The van der Waals surface area contributed by atoms with Crippen LogP contribution in [0.3, 0.4) is 0 Å². The van der Waals surface area contributed by atoms with Gasteiger partial charge in [-0.2, -0.15) is 0 Å². The summed E-state index contributed by atoms with van der Waals surface area (Å²) >= 11 is 0. The summed E-state index contributed by atoms with van der Waals surface area (Å²) < 4.78 is 4.66. The summed E-state index contributed by atoms with van der Waals surface area (Å²) in [4.78, 5) is 30.5. The van der Waals surface area contributed by atoms with Gasteiger partial charge in [0.15, 0.2) is 0 Å². The monoisotopic (exact) mass is 1760 g/mol. The Balaban J connectivity index is 0.000000171. The molecule has 0 aliphatic carbocycles. The first-order valence-corrected chi connectivity index (χ1v) is 41.7. The third-order valence-electron chi connectivity index (χ3n) is 23.6. The largest absolute Gasteiger partial charge is 2.00 e. The van der Waals surface area contributed by atoms with Crippen LogP contribution in [0.5, 0.6) is 0 Å². The number of hydrogen-bond acceptors (Lipinski definition) is 4. The van der Waals surface area contributed by atoms with Gasteiger partial charge in [-0.15, -0.1) is 34.8 Å². The van der Waals surface area contributed by atoms with Gasteiger partial charge in [-0.25, -0.2) is 9.97 Å². The van der Waals surface area contributed by atoms with Gasteiger partial charge in [-0.3, -0.25) is 19.1 Å². The Labute approximate surface area is 730 Å². The maximum atomic E-state index is 5.72. The molecule has 0 unspecified atom stereocenters. The number of pyridine rings is 2. The fourth-order valence-electron chi connectivity index (χ4n) is 16.9. The van der Waals surface area contributed by atoms with E-state index in [1.807, 2.05) is 18.5 Å². The number of fused-ring (bicyclic) bond motifs is 8. The molecule has 14 aromatic carbocycles. The van der Waals surface area contributed by atoms with Crippen molar-refractivity contribution < 1.29 is 21.1 Å². The molecule has 0 aliphatic heterocycles. The van der Waals surface area contributed by atoms with Gasteiger partial charge in [0.25, 0.3) is 0 Å². The van der Waals surface area contributed by atoms with Crippen LogP contribution in [-0.4, -0.2) is 34.1 Å². The number of imidazole rings is 2. The van der Waals surface area contributed by atoms with Gasteiger partial charge in [0.05, 0.1) is 33.3 Å². The van der Waals surface area contributed by atoms with Crippen LogP contribution in [0, 0.1) is 6.07 Å². The zero-order valence-electron chi connectivity index (χ0n) is 70.4. The Bertz CT molecular complexity index is 6830. The zero-order chi connectivity index (χ0) is 82.3. The molecule has 0 saturated carbocycles. The number of benzene rings is 14. The minimum Gasteiger partial charge on any atom is -0.656 e. The second-order valence-corrected chi connectivity index (χ2v) is 36.0. The molecule has 600 valence electrons. The Morgan fingerprint density at radius 2 is 0.721 bits per heavy atom. The summed E-state index contributed by atoms with van der Waals surface area (Å²) in [5, 5.41) is 4.79. The molecule has 1 N–H and O–H groups in total. The fourth-order valence-corrected chi connectivity index (χ4v) is 16.9. The first kappa shape index (κ1) is 81.0. The van der Waals surface area contributed by atoms with Crippen molar-refractivity contribution in [2.24, 2.45) is 0 Å². The quantitative estimate of drug-likeness (QED) is 0.123. The summed E-state index contributed by atoms with van der Waals surface area (Å²) in [5.41, 5.74) is 34.2. The van der Waals surface area contributed by atoms with Crippen molar-refractivity contribution in [3.8, 4) is 123 Å². The van der Waals surface area contributed by atoms with Crippen molar-refractivity contribution in [1.82, 2.24) is 39.0 Å². The molecule has 0 saturated heterocycles. The molecule has 0 spiro atoms. The third kappa shape index (κ3) is 15.5. The molecule has 6 aromatic heterocycles. The number of nitrogens with one attached hydrogen (secondary N) is 1. The molecule has 20 rings (SSSR count). The summed E-state index contributed by atoms with van der Waals surface area (Å²) in [5.74, 6) is 1.76. The average molecular weight is 1760 g/mol. The molecule has 122 heavy (non-hydrogen) atoms. The van der Waals surface area contributed by atoms with Crippen LogP contribution in [0.4, 0.5) is 0 Å². The van der Waals surface area contributed by atoms with Gasteiger partial charge < -0.3 is 9.97 Å². The second kappa shape index (κ2) is 32.3. The van der Waals surface area contributed by atoms with Crippen molar-refractivity contribution in [1.29, 1.82) is 0 Å². The summed E-state index contributed by atoms with van der Waals surface area (Å²) in [7, 11) is 0. The molecule has 8 nitrogen and oxygen atoms in total. The molecule has 0 fully saturated rings. The van der Waals surface area contributed by atoms with Crippen LogP contribution >= 0.6 is 0 Å². The van der Waals surface area contributed by atoms with E-state index < -0.39 is 0 Å². The molecule has 0 aliphatic rings. The zero-order valence-corrected chi connectivity index (χ0v) is 72.6. The topological polar surface area (TPSA) is 91.3 Å². The third-order valence-corrected chi connectivity index (χ3v) is 23.6. The predicted octanol–water partition coefficient (Wildman–Crippen LogP) is 30.0. The van der Waals surface area contributed by atoms with E-state index >= 15 is 0 Å². The van der Waals surface area contributed by atoms with Crippen LogP contribution in [0.1, 0.15) is 113 Å². The van der Waals surface area contributed by atoms with Crippen molar-refractivity contribution >= 4 is 65.7 Å². The van der Waals surface area contributed by atoms with Crippen molar-refractivity contribution in [2.45, 2.75) is 112 Å². The summed E-state index contributed by atoms with van der Waals surface area (Å²) in [6.45, 7) is 27.4. The Hall–Kier alpha value is -13.4. The Morgan fingerprint density at radius 1 is 0.303 bits per heavy atom. The number of para-hydroxylation sites is 4. The molecule has 9 heteroatoms. The number of aromatic nitrogens is 8. The smallest absolute Gasteiger partial charge is 0.656 e. The van der Waals surface area contributed by atoms with Crippen LogP contribution < -0.4 is 4.98 Å². The van der Waals surface area contributed by atoms with Gasteiger partial charge in [0.2, 0.25) is 0 Å². The van der Waals surface area contributed by atoms with E-state index in [2.05, 4.69) is 431 Å². The van der Waals surface area contributed by atoms with Crippen LogP contribution in [0.15, 0.2) is 346 Å². The van der Waals surface area contributed by atoms with Crippen LogP contribution in [0.25, 0.3) is 189 Å². The number of rotatable bonds is 12. The SMILES string of the molecule is C.CC(C)(C)c1ccc2[n-]c3c(-c4nc5c(-c6[c-]c(-c7cc(-c8ccccc8)ccn7)cc(-c7ccccc7)c6)cccc5n4-c4ccccc4)cc(C(C)(C)C)cc3c2c1.CC(C)(C)c1ccc2[nH]c3c(-c4nc5c(-c6cc(-c7ccccc7)cc(-c7cc(-c8ccccc8)ccn7)c6)cccc5n4-c4ccccc4)cc(C(C)(C)C)cc3c2c1.[Pt+2]. The average Bonchev–Trinajstić information content (AvgIpc) is 1.57. The Kier molecular flexibility index (Phi) is 21.4. The van der Waals surface area contributed by atoms with Crippen molar-refractivity contribution in [3.05, 3.63) is 374 Å². The molecule has 0 radical (unpaired) electrons. The second-order valence-electron chi connectivity index (χ2n) is 36.0. The summed E-state index contributed by atoms with van der Waals surface area (Å²) in [6.07, 6.45) is 3.81. The maximum absolute atomic E-state index is 5.72. The van der Waals surface area contributed by atoms with Gasteiger partial charge in [0, 0.05) is 68.0 Å². The van der Waals surface area contributed by atoms with Crippen LogP contribution in [0.2, 0.25) is 0 Å². The first-order chi connectivity index (χ1) is 58.0. The first-order valence-electron chi connectivity index (χ1n) is 41.7. The number of hydrogen-bond donors (Lipinski definition) is 1. The van der Waals surface area contributed by atoms with Gasteiger partial charge >= 0.3 is 21.1 Å². The van der Waals surface area contributed by atoms with E-state index in [1.54, 1.807) is 0 Å². The van der Waals surface area contributed by atoms with Gasteiger partial charge in [0.1, 0.15) is 11.6 Å². The van der Waals surface area contributed by atoms with E-state index in [4.69, 9.17) is 24.9 Å². The van der Waals surface area contributed by atoms with Crippen molar-refractivity contribution in [3.63, 3.8) is 0 Å². The summed E-state index contributed by atoms with van der Waals surface area (Å²) in [6, 6.07) is 123. The fraction of sp³-hybridized carbons (Fsp3) is 0.150. The minimum absolute atomic E-state index is 0. The maximum Gasteiger partial charge on any atom is 2.00 e. The molecule has 0 amide bonds. The molecule has 6 heterocycles.